The molecule has 2 rings (SSSR count). The van der Waals surface area contributed by atoms with Crippen LogP contribution < -0.4 is 10.6 Å². The molecule has 0 spiro atoms. The van der Waals surface area contributed by atoms with Crippen LogP contribution in [0.1, 0.15) is 26.7 Å². The van der Waals surface area contributed by atoms with E-state index in [0.29, 0.717) is 25.3 Å². The molecule has 0 saturated carbocycles. The number of likely N-dealkylation sites (tertiary alicyclic amines) is 1. The van der Waals surface area contributed by atoms with Gasteiger partial charge in [-0.25, -0.2) is 9.59 Å². The van der Waals surface area contributed by atoms with E-state index in [1.807, 2.05) is 13.8 Å². The molecule has 2 N–H and O–H groups in total. The minimum atomic E-state index is -0.282. The van der Waals surface area contributed by atoms with Gasteiger partial charge in [-0.05, 0) is 38.8 Å². The first-order valence-corrected chi connectivity index (χ1v) is 8.04. The number of carbonyl (C=O) groups is 2. The number of hydrogen-bond donors (Lipinski definition) is 2. The molecule has 7 nitrogen and oxygen atoms in total. The van der Waals surface area contributed by atoms with Crippen molar-refractivity contribution in [2.24, 2.45) is 4.99 Å². The Hall–Kier alpha value is -2.31. The summed E-state index contributed by atoms with van der Waals surface area (Å²) in [4.78, 5) is 32.1. The molecule has 1 saturated heterocycles. The van der Waals surface area contributed by atoms with Gasteiger partial charge in [-0.1, -0.05) is 6.58 Å². The minimum Gasteiger partial charge on any atom is -0.338 e. The van der Waals surface area contributed by atoms with Gasteiger partial charge in [0.05, 0.1) is 0 Å². The molecule has 2 aliphatic heterocycles. The van der Waals surface area contributed by atoms with E-state index < -0.39 is 0 Å². The van der Waals surface area contributed by atoms with Crippen LogP contribution in [0.5, 0.6) is 0 Å². The monoisotopic (exact) mass is 319 g/mol. The highest BCUT2D eigenvalue weighted by Crippen LogP contribution is 2.21. The second kappa shape index (κ2) is 7.80. The predicted octanol–water partition coefficient (Wildman–Crippen LogP) is 1.69. The van der Waals surface area contributed by atoms with E-state index in [1.165, 1.54) is 0 Å². The third-order valence-electron chi connectivity index (χ3n) is 3.99. The summed E-state index contributed by atoms with van der Waals surface area (Å²) in [6, 6.07) is -0.202. The van der Waals surface area contributed by atoms with Crippen LogP contribution in [0.4, 0.5) is 9.59 Å². The fourth-order valence-corrected chi connectivity index (χ4v) is 2.82. The second-order valence-corrected chi connectivity index (χ2v) is 5.70. The summed E-state index contributed by atoms with van der Waals surface area (Å²) in [5.74, 6) is 0. The van der Waals surface area contributed by atoms with E-state index in [9.17, 15) is 9.59 Å². The van der Waals surface area contributed by atoms with Gasteiger partial charge >= 0.3 is 12.1 Å². The van der Waals surface area contributed by atoms with Crippen molar-refractivity contribution in [1.82, 2.24) is 20.4 Å². The molecule has 0 aliphatic carbocycles. The van der Waals surface area contributed by atoms with Crippen LogP contribution in [0.25, 0.3) is 0 Å². The van der Waals surface area contributed by atoms with Gasteiger partial charge in [-0.2, -0.15) is 0 Å². The summed E-state index contributed by atoms with van der Waals surface area (Å²) in [7, 11) is 0. The maximum atomic E-state index is 12.5. The average Bonchev–Trinajstić information content (AvgIpc) is 2.57. The van der Waals surface area contributed by atoms with E-state index in [4.69, 9.17) is 0 Å². The number of rotatable bonds is 2. The number of piperidine rings is 1. The molecule has 1 fully saturated rings. The molecule has 7 heteroatoms. The Kier molecular flexibility index (Phi) is 5.78. The van der Waals surface area contributed by atoms with Crippen LogP contribution in [-0.2, 0) is 0 Å². The average molecular weight is 319 g/mol. The van der Waals surface area contributed by atoms with Gasteiger partial charge in [0.2, 0.25) is 0 Å². The summed E-state index contributed by atoms with van der Waals surface area (Å²) < 4.78 is 0. The molecule has 126 valence electrons. The summed E-state index contributed by atoms with van der Waals surface area (Å²) in [6.07, 6.45) is 6.42. The molecule has 0 aromatic heterocycles. The van der Waals surface area contributed by atoms with Crippen LogP contribution >= 0.6 is 0 Å². The number of nitrogens with one attached hydrogen (secondary N) is 2. The minimum absolute atomic E-state index is 0.0307. The van der Waals surface area contributed by atoms with E-state index in [0.717, 1.165) is 12.8 Å². The normalized spacial score (nSPS) is 24.5. The Balaban J connectivity index is 2.03. The van der Waals surface area contributed by atoms with Crippen molar-refractivity contribution in [3.05, 3.63) is 24.4 Å². The smallest absolute Gasteiger partial charge is 0.323 e. The van der Waals surface area contributed by atoms with Crippen LogP contribution in [0.15, 0.2) is 29.4 Å². The largest absolute Gasteiger partial charge is 0.338 e. The fraction of sp³-hybridized carbons (Fsp3) is 0.562. The first kappa shape index (κ1) is 17.1. The standard InChI is InChI=1S/C16H25N5O2/c1-4-17-15(22)20-10-7-14(8-11-20)21-12(2)6-5-9-18-13(3)19-16(21)23/h5-6,9,13-14H,2,4,7-8,10-11H2,1,3H3,(H,17,22)(H,19,23)/b6-5-,18-9?. The van der Waals surface area contributed by atoms with Gasteiger partial charge in [0.1, 0.15) is 6.17 Å². The van der Waals surface area contributed by atoms with Gasteiger partial charge < -0.3 is 15.5 Å². The van der Waals surface area contributed by atoms with Gasteiger partial charge in [0.25, 0.3) is 0 Å². The van der Waals surface area contributed by atoms with Crippen molar-refractivity contribution in [2.45, 2.75) is 38.9 Å². The van der Waals surface area contributed by atoms with Crippen molar-refractivity contribution in [1.29, 1.82) is 0 Å². The number of nitrogens with zero attached hydrogens (tertiary/aromatic N) is 3. The number of urea groups is 2. The van der Waals surface area contributed by atoms with Crippen molar-refractivity contribution < 1.29 is 9.59 Å². The number of amides is 4. The third-order valence-corrected chi connectivity index (χ3v) is 3.99. The Bertz CT molecular complexity index is 521. The van der Waals surface area contributed by atoms with Gasteiger partial charge in [-0.15, -0.1) is 0 Å². The molecule has 1 atom stereocenters. The summed E-state index contributed by atoms with van der Waals surface area (Å²) in [5, 5.41) is 5.66. The second-order valence-electron chi connectivity index (χ2n) is 5.70. The first-order chi connectivity index (χ1) is 11.0. The molecule has 0 aromatic carbocycles. The highest BCUT2D eigenvalue weighted by Gasteiger charge is 2.31. The highest BCUT2D eigenvalue weighted by atomic mass is 16.2. The SMILES string of the molecule is C=C1/C=C\C=NC(C)NC(=O)N1C1CCN(C(=O)NCC)CC1. The van der Waals surface area contributed by atoms with Crippen LogP contribution in [0, 0.1) is 0 Å². The molecule has 23 heavy (non-hydrogen) atoms. The maximum Gasteiger partial charge on any atom is 0.323 e. The number of aliphatic imine (C=N–C) groups is 1. The lowest BCUT2D eigenvalue weighted by molar-refractivity contribution is 0.144. The van der Waals surface area contributed by atoms with E-state index in [1.54, 1.807) is 28.2 Å². The lowest BCUT2D eigenvalue weighted by Crippen LogP contribution is -2.53. The number of allylic oxidation sites excluding steroid dienone is 2. The highest BCUT2D eigenvalue weighted by molar-refractivity contribution is 5.80. The quantitative estimate of drug-likeness (QED) is 0.812. The van der Waals surface area contributed by atoms with Crippen LogP contribution in [0.2, 0.25) is 0 Å². The lowest BCUT2D eigenvalue weighted by atomic mass is 10.0. The summed E-state index contributed by atoms with van der Waals surface area (Å²) in [5.41, 5.74) is 0.638. The molecular weight excluding hydrogens is 294 g/mol. The molecule has 4 amide bonds. The van der Waals surface area contributed by atoms with Crippen LogP contribution in [0.3, 0.4) is 0 Å². The molecule has 0 radical (unpaired) electrons. The molecule has 0 bridgehead atoms. The number of carbonyl (C=O) groups excluding carboxylic acids is 2. The topological polar surface area (TPSA) is 77.0 Å². The zero-order valence-corrected chi connectivity index (χ0v) is 13.8. The van der Waals surface area contributed by atoms with Gasteiger partial charge in [-0.3, -0.25) is 9.89 Å². The Labute approximate surface area is 137 Å². The van der Waals surface area contributed by atoms with Crippen molar-refractivity contribution >= 4 is 18.3 Å². The number of hydrogen-bond acceptors (Lipinski definition) is 3. The molecule has 1 unspecified atom stereocenters. The van der Waals surface area contributed by atoms with Crippen molar-refractivity contribution in [2.75, 3.05) is 19.6 Å². The first-order valence-electron chi connectivity index (χ1n) is 8.04. The zero-order chi connectivity index (χ0) is 16.8. The van der Waals surface area contributed by atoms with Gasteiger partial charge in [0.15, 0.2) is 0 Å². The molecular formula is C16H25N5O2. The summed E-state index contributed by atoms with van der Waals surface area (Å²) in [6.45, 7) is 9.60. The maximum absolute atomic E-state index is 12.5. The fourth-order valence-electron chi connectivity index (χ4n) is 2.82. The zero-order valence-electron chi connectivity index (χ0n) is 13.8. The van der Waals surface area contributed by atoms with E-state index in [2.05, 4.69) is 22.2 Å². The Morgan fingerprint density at radius 3 is 2.83 bits per heavy atom. The Morgan fingerprint density at radius 2 is 2.17 bits per heavy atom. The Morgan fingerprint density at radius 1 is 1.48 bits per heavy atom. The third kappa shape index (κ3) is 4.34. The molecule has 2 aliphatic rings. The van der Waals surface area contributed by atoms with Crippen molar-refractivity contribution in [3.8, 4) is 0 Å². The van der Waals surface area contributed by atoms with Crippen molar-refractivity contribution in [3.63, 3.8) is 0 Å². The summed E-state index contributed by atoms with van der Waals surface area (Å²) >= 11 is 0. The predicted molar refractivity (Wildman–Crippen MR) is 90.3 cm³/mol. The molecule has 0 aromatic rings. The van der Waals surface area contributed by atoms with E-state index >= 15 is 0 Å². The molecule has 2 heterocycles. The van der Waals surface area contributed by atoms with Gasteiger partial charge in [0, 0.05) is 37.6 Å². The van der Waals surface area contributed by atoms with E-state index in [-0.39, 0.29) is 24.3 Å². The lowest BCUT2D eigenvalue weighted by Gasteiger charge is -2.38. The van der Waals surface area contributed by atoms with Crippen LogP contribution in [-0.4, -0.2) is 59.9 Å².